The summed E-state index contributed by atoms with van der Waals surface area (Å²) >= 11 is 1.31. The molecule has 1 atom stereocenters. The summed E-state index contributed by atoms with van der Waals surface area (Å²) in [5, 5.41) is 2.57. The second-order valence-electron chi connectivity index (χ2n) is 4.54. The quantitative estimate of drug-likeness (QED) is 0.904. The number of sulfonamides is 1. The molecule has 1 saturated heterocycles. The fraction of sp³-hybridized carbons (Fsp3) is 0.583. The maximum Gasteiger partial charge on any atom is 0.252 e. The van der Waals surface area contributed by atoms with E-state index in [0.717, 1.165) is 11.3 Å². The third-order valence-electron chi connectivity index (χ3n) is 3.35. The highest BCUT2D eigenvalue weighted by atomic mass is 32.2. The minimum Gasteiger partial charge on any atom is -0.359 e. The lowest BCUT2D eigenvalue weighted by Gasteiger charge is -2.14. The standard InChI is InChI=1S/C12H18N2O3S2/c1-3-10-4-5-11(18-10)19(16,17)14-7-6-9(8-14)12(15)13-2/h4-5,9H,3,6-8H2,1-2H3,(H,13,15). The molecule has 0 radical (unpaired) electrons. The van der Waals surface area contributed by atoms with Crippen LogP contribution in [0.4, 0.5) is 0 Å². The van der Waals surface area contributed by atoms with Gasteiger partial charge in [0, 0.05) is 25.0 Å². The van der Waals surface area contributed by atoms with Gasteiger partial charge in [-0.15, -0.1) is 11.3 Å². The number of hydrogen-bond acceptors (Lipinski definition) is 4. The Morgan fingerprint density at radius 3 is 2.84 bits per heavy atom. The molecule has 1 fully saturated rings. The molecule has 1 unspecified atom stereocenters. The van der Waals surface area contributed by atoms with Crippen molar-refractivity contribution in [3.8, 4) is 0 Å². The van der Waals surface area contributed by atoms with E-state index < -0.39 is 10.0 Å². The van der Waals surface area contributed by atoms with Crippen LogP contribution in [0, 0.1) is 5.92 Å². The van der Waals surface area contributed by atoms with Crippen molar-refractivity contribution in [2.75, 3.05) is 20.1 Å². The lowest BCUT2D eigenvalue weighted by molar-refractivity contribution is -0.123. The molecule has 1 aliphatic rings. The van der Waals surface area contributed by atoms with Crippen molar-refractivity contribution in [1.29, 1.82) is 0 Å². The number of amides is 1. The fourth-order valence-electron chi connectivity index (χ4n) is 2.18. The summed E-state index contributed by atoms with van der Waals surface area (Å²) in [6, 6.07) is 3.51. The minimum absolute atomic E-state index is 0.0851. The molecule has 1 N–H and O–H groups in total. The van der Waals surface area contributed by atoms with Gasteiger partial charge in [0.2, 0.25) is 5.91 Å². The maximum atomic E-state index is 12.4. The Morgan fingerprint density at radius 2 is 2.26 bits per heavy atom. The highest BCUT2D eigenvalue weighted by Crippen LogP contribution is 2.29. The third-order valence-corrected chi connectivity index (χ3v) is 6.91. The van der Waals surface area contributed by atoms with E-state index in [1.54, 1.807) is 13.1 Å². The van der Waals surface area contributed by atoms with E-state index in [2.05, 4.69) is 5.32 Å². The largest absolute Gasteiger partial charge is 0.359 e. The van der Waals surface area contributed by atoms with Gasteiger partial charge in [-0.25, -0.2) is 8.42 Å². The molecule has 2 heterocycles. The zero-order valence-corrected chi connectivity index (χ0v) is 12.7. The van der Waals surface area contributed by atoms with E-state index in [-0.39, 0.29) is 18.4 Å². The summed E-state index contributed by atoms with van der Waals surface area (Å²) in [4.78, 5) is 12.6. The van der Waals surface area contributed by atoms with Crippen molar-refractivity contribution in [3.63, 3.8) is 0 Å². The van der Waals surface area contributed by atoms with Crippen molar-refractivity contribution in [3.05, 3.63) is 17.0 Å². The number of nitrogens with zero attached hydrogens (tertiary/aromatic N) is 1. The van der Waals surface area contributed by atoms with Crippen LogP contribution in [0.15, 0.2) is 16.3 Å². The average molecular weight is 302 g/mol. The van der Waals surface area contributed by atoms with Gasteiger partial charge in [0.15, 0.2) is 0 Å². The maximum absolute atomic E-state index is 12.4. The van der Waals surface area contributed by atoms with Gasteiger partial charge in [0.05, 0.1) is 5.92 Å². The van der Waals surface area contributed by atoms with Crippen molar-refractivity contribution in [1.82, 2.24) is 9.62 Å². The van der Waals surface area contributed by atoms with Crippen LogP contribution in [0.2, 0.25) is 0 Å². The molecule has 0 aliphatic carbocycles. The van der Waals surface area contributed by atoms with Crippen LogP contribution in [0.5, 0.6) is 0 Å². The molecular weight excluding hydrogens is 284 g/mol. The second-order valence-corrected chi connectivity index (χ2v) is 7.87. The first-order valence-corrected chi connectivity index (χ1v) is 8.55. The van der Waals surface area contributed by atoms with E-state index in [4.69, 9.17) is 0 Å². The Bertz CT molecular complexity index is 565. The molecule has 5 nitrogen and oxygen atoms in total. The molecule has 0 spiro atoms. The van der Waals surface area contributed by atoms with Gasteiger partial charge < -0.3 is 5.32 Å². The number of carbonyl (C=O) groups excluding carboxylic acids is 1. The molecule has 1 aliphatic heterocycles. The van der Waals surface area contributed by atoms with Gasteiger partial charge in [0.25, 0.3) is 10.0 Å². The topological polar surface area (TPSA) is 66.5 Å². The summed E-state index contributed by atoms with van der Waals surface area (Å²) in [6.45, 7) is 2.70. The second kappa shape index (κ2) is 5.60. The van der Waals surface area contributed by atoms with Gasteiger partial charge in [-0.1, -0.05) is 6.92 Å². The Balaban J connectivity index is 2.15. The Hall–Kier alpha value is -0.920. The average Bonchev–Trinajstić information content (AvgIpc) is 3.06. The summed E-state index contributed by atoms with van der Waals surface area (Å²) in [6.07, 6.45) is 1.42. The van der Waals surface area contributed by atoms with Crippen LogP contribution in [0.1, 0.15) is 18.2 Å². The first kappa shape index (κ1) is 14.5. The molecule has 19 heavy (non-hydrogen) atoms. The van der Waals surface area contributed by atoms with Crippen LogP contribution in [0.3, 0.4) is 0 Å². The summed E-state index contributed by atoms with van der Waals surface area (Å²) in [5.41, 5.74) is 0. The Kier molecular flexibility index (Phi) is 4.27. The molecule has 0 aromatic carbocycles. The molecule has 7 heteroatoms. The number of carbonyl (C=O) groups is 1. The van der Waals surface area contributed by atoms with Crippen molar-refractivity contribution >= 4 is 27.3 Å². The Morgan fingerprint density at radius 1 is 1.53 bits per heavy atom. The monoisotopic (exact) mass is 302 g/mol. The van der Waals surface area contributed by atoms with E-state index >= 15 is 0 Å². The smallest absolute Gasteiger partial charge is 0.252 e. The lowest BCUT2D eigenvalue weighted by Crippen LogP contribution is -2.32. The van der Waals surface area contributed by atoms with Gasteiger partial charge in [0.1, 0.15) is 4.21 Å². The first-order valence-electron chi connectivity index (χ1n) is 6.29. The zero-order chi connectivity index (χ0) is 14.0. The minimum atomic E-state index is -3.43. The number of thiophene rings is 1. The van der Waals surface area contributed by atoms with E-state index in [1.807, 2.05) is 13.0 Å². The normalized spacial score (nSPS) is 20.6. The number of hydrogen-bond donors (Lipinski definition) is 1. The van der Waals surface area contributed by atoms with Crippen LogP contribution >= 0.6 is 11.3 Å². The lowest BCUT2D eigenvalue weighted by atomic mass is 10.1. The summed E-state index contributed by atoms with van der Waals surface area (Å²) in [5.74, 6) is -0.316. The summed E-state index contributed by atoms with van der Waals surface area (Å²) in [7, 11) is -1.86. The first-order chi connectivity index (χ1) is 8.98. The molecule has 1 amide bonds. The van der Waals surface area contributed by atoms with Crippen molar-refractivity contribution in [2.45, 2.75) is 24.0 Å². The number of rotatable bonds is 4. The highest BCUT2D eigenvalue weighted by molar-refractivity contribution is 7.91. The van der Waals surface area contributed by atoms with E-state index in [0.29, 0.717) is 17.2 Å². The molecule has 106 valence electrons. The molecule has 1 aromatic heterocycles. The number of nitrogens with one attached hydrogen (secondary N) is 1. The van der Waals surface area contributed by atoms with Gasteiger partial charge in [-0.2, -0.15) is 4.31 Å². The third kappa shape index (κ3) is 2.82. The highest BCUT2D eigenvalue weighted by Gasteiger charge is 2.36. The SMILES string of the molecule is CCc1ccc(S(=O)(=O)N2CCC(C(=O)NC)C2)s1. The van der Waals surface area contributed by atoms with Crippen LogP contribution in [0.25, 0.3) is 0 Å². The van der Waals surface area contributed by atoms with Crippen molar-refractivity contribution < 1.29 is 13.2 Å². The molecule has 2 rings (SSSR count). The van der Waals surface area contributed by atoms with E-state index in [9.17, 15) is 13.2 Å². The Labute approximate surface area is 117 Å². The van der Waals surface area contributed by atoms with Crippen LogP contribution in [-0.4, -0.2) is 38.8 Å². The van der Waals surface area contributed by atoms with Crippen LogP contribution in [-0.2, 0) is 21.2 Å². The predicted octanol–water partition coefficient (Wildman–Crippen LogP) is 1.07. The molecule has 1 aromatic rings. The van der Waals surface area contributed by atoms with Gasteiger partial charge >= 0.3 is 0 Å². The predicted molar refractivity (Wildman–Crippen MR) is 74.6 cm³/mol. The fourth-order valence-corrected chi connectivity index (χ4v) is 5.13. The van der Waals surface area contributed by atoms with Crippen molar-refractivity contribution in [2.24, 2.45) is 5.92 Å². The molecular formula is C12H18N2O3S2. The molecule has 0 saturated carbocycles. The summed E-state index contributed by atoms with van der Waals surface area (Å²) < 4.78 is 26.6. The molecule has 0 bridgehead atoms. The zero-order valence-electron chi connectivity index (χ0n) is 11.0. The van der Waals surface area contributed by atoms with E-state index in [1.165, 1.54) is 15.6 Å². The number of aryl methyl sites for hydroxylation is 1. The van der Waals surface area contributed by atoms with Gasteiger partial charge in [-0.05, 0) is 25.0 Å². The van der Waals surface area contributed by atoms with Crippen LogP contribution < -0.4 is 5.32 Å². The van der Waals surface area contributed by atoms with Gasteiger partial charge in [-0.3, -0.25) is 4.79 Å².